The van der Waals surface area contributed by atoms with E-state index in [1.807, 2.05) is 0 Å². The summed E-state index contributed by atoms with van der Waals surface area (Å²) in [6.07, 6.45) is 4.46. The van der Waals surface area contributed by atoms with Gasteiger partial charge in [0.15, 0.2) is 11.6 Å². The van der Waals surface area contributed by atoms with Crippen LogP contribution >= 0.6 is 11.6 Å². The Balaban J connectivity index is 1.75. The molecule has 0 saturated heterocycles. The molecule has 2 atom stereocenters. The van der Waals surface area contributed by atoms with Gasteiger partial charge in [0.1, 0.15) is 11.0 Å². The zero-order valence-electron chi connectivity index (χ0n) is 16.2. The van der Waals surface area contributed by atoms with Gasteiger partial charge in [-0.2, -0.15) is 13.5 Å². The first kappa shape index (κ1) is 21.9. The molecule has 3 aromatic heterocycles. The lowest BCUT2D eigenvalue weighted by Gasteiger charge is -2.21. The van der Waals surface area contributed by atoms with Crippen LogP contribution in [0.5, 0.6) is 5.75 Å². The Hall–Kier alpha value is -2.80. The highest BCUT2D eigenvalue weighted by Gasteiger charge is 2.20. The third-order valence-corrected chi connectivity index (χ3v) is 4.69. The van der Waals surface area contributed by atoms with Gasteiger partial charge in [-0.15, -0.1) is 0 Å². The average Bonchev–Trinajstić information content (AvgIpc) is 3.02. The molecule has 13 heteroatoms. The van der Waals surface area contributed by atoms with Crippen molar-refractivity contribution in [3.05, 3.63) is 47.6 Å². The molecular weight excluding hydrogens is 436 g/mol. The fourth-order valence-electron chi connectivity index (χ4n) is 2.56. The summed E-state index contributed by atoms with van der Waals surface area (Å²) in [6.45, 7) is 1.72. The number of aliphatic hydroxyl groups is 1. The molecule has 0 aliphatic carbocycles. The minimum absolute atomic E-state index is 0.0230. The third kappa shape index (κ3) is 5.42. The van der Waals surface area contributed by atoms with Crippen LogP contribution in [-0.4, -0.2) is 50.9 Å². The van der Waals surface area contributed by atoms with Crippen LogP contribution in [0.25, 0.3) is 11.4 Å². The number of pyridine rings is 1. The maximum absolute atomic E-state index is 11.2. The largest absolute Gasteiger partial charge is 0.379 e. The third-order valence-electron chi connectivity index (χ3n) is 3.87. The number of aliphatic hydroxyl groups excluding tert-OH is 1. The molecule has 3 rings (SSSR count). The van der Waals surface area contributed by atoms with Crippen molar-refractivity contribution in [3.63, 3.8) is 0 Å². The lowest BCUT2D eigenvalue weighted by atomic mass is 10.2. The van der Waals surface area contributed by atoms with Gasteiger partial charge in [0.05, 0.1) is 36.5 Å². The van der Waals surface area contributed by atoms with Crippen molar-refractivity contribution < 1.29 is 22.4 Å². The Morgan fingerprint density at radius 1 is 1.23 bits per heavy atom. The van der Waals surface area contributed by atoms with Crippen LogP contribution in [0.1, 0.15) is 18.6 Å². The van der Waals surface area contributed by atoms with Crippen LogP contribution < -0.4 is 9.50 Å². The van der Waals surface area contributed by atoms with Crippen molar-refractivity contribution in [2.45, 2.75) is 19.4 Å². The zero-order chi connectivity index (χ0) is 21.9. The summed E-state index contributed by atoms with van der Waals surface area (Å²) in [6, 6.07) is 3.46. The maximum atomic E-state index is 11.2. The number of rotatable bonds is 8. The second kappa shape index (κ2) is 8.92. The molecular formula is C17H19ClN6O5S. The fourth-order valence-corrected chi connectivity index (χ4v) is 3.27. The molecule has 3 aromatic rings. The highest BCUT2D eigenvalue weighted by atomic mass is 35.5. The molecule has 0 radical (unpaired) electrons. The summed E-state index contributed by atoms with van der Waals surface area (Å²) in [4.78, 5) is 12.2. The molecule has 3 heterocycles. The van der Waals surface area contributed by atoms with Crippen LogP contribution in [0, 0.1) is 0 Å². The van der Waals surface area contributed by atoms with Crippen LogP contribution in [0.3, 0.4) is 0 Å². The standard InChI is InChI=1S/C17H19ClN6O5S/c1-10(12-5-4-6-19-14(12)18)28-17(25)23-16-13(9-22-24(16)2)15-20-7-11(8-21-15)29-30(3,26)27/h4-10,17,23,25H,1-3H3/t10-,17?/m1/s1. The number of halogens is 1. The molecule has 2 N–H and O–H groups in total. The van der Waals surface area contributed by atoms with Gasteiger partial charge in [0.2, 0.25) is 6.41 Å². The van der Waals surface area contributed by atoms with Crippen LogP contribution in [0.4, 0.5) is 5.82 Å². The fraction of sp³-hybridized carbons (Fsp3) is 0.294. The summed E-state index contributed by atoms with van der Waals surface area (Å²) in [5.74, 6) is 0.593. The second-order valence-electron chi connectivity index (χ2n) is 6.22. The molecule has 0 spiro atoms. The smallest absolute Gasteiger partial charge is 0.306 e. The van der Waals surface area contributed by atoms with E-state index in [9.17, 15) is 13.5 Å². The molecule has 0 aliphatic heterocycles. The number of anilines is 1. The number of nitrogens with zero attached hydrogens (tertiary/aromatic N) is 5. The Morgan fingerprint density at radius 2 is 1.93 bits per heavy atom. The molecule has 0 aliphatic rings. The Bertz CT molecular complexity index is 1120. The molecule has 1 unspecified atom stereocenters. The Morgan fingerprint density at radius 3 is 2.57 bits per heavy atom. The number of ether oxygens (including phenoxy) is 1. The van der Waals surface area contributed by atoms with Crippen LogP contribution in [0.15, 0.2) is 36.9 Å². The molecule has 0 amide bonds. The molecule has 160 valence electrons. The second-order valence-corrected chi connectivity index (χ2v) is 8.15. The zero-order valence-corrected chi connectivity index (χ0v) is 17.8. The quantitative estimate of drug-likeness (QED) is 0.293. The minimum Gasteiger partial charge on any atom is -0.379 e. The van der Waals surface area contributed by atoms with Gasteiger partial charge in [-0.3, -0.25) is 4.68 Å². The Labute approximate surface area is 177 Å². The predicted octanol–water partition coefficient (Wildman–Crippen LogP) is 1.73. The van der Waals surface area contributed by atoms with E-state index in [1.165, 1.54) is 23.3 Å². The van der Waals surface area contributed by atoms with Crippen molar-refractivity contribution in [2.24, 2.45) is 7.05 Å². The van der Waals surface area contributed by atoms with Gasteiger partial charge >= 0.3 is 10.1 Å². The van der Waals surface area contributed by atoms with E-state index in [0.29, 0.717) is 16.9 Å². The van der Waals surface area contributed by atoms with Crippen LogP contribution in [0.2, 0.25) is 5.15 Å². The van der Waals surface area contributed by atoms with Crippen molar-refractivity contribution in [1.82, 2.24) is 24.7 Å². The lowest BCUT2D eigenvalue weighted by molar-refractivity contribution is -0.114. The number of nitrogens with one attached hydrogen (secondary N) is 1. The molecule has 30 heavy (non-hydrogen) atoms. The summed E-state index contributed by atoms with van der Waals surface area (Å²) >= 11 is 6.06. The lowest BCUT2D eigenvalue weighted by Crippen LogP contribution is -2.25. The van der Waals surface area contributed by atoms with Crippen molar-refractivity contribution in [2.75, 3.05) is 11.6 Å². The van der Waals surface area contributed by atoms with Gasteiger partial charge < -0.3 is 19.3 Å². The molecule has 0 fully saturated rings. The number of aromatic nitrogens is 5. The van der Waals surface area contributed by atoms with Gasteiger partial charge in [-0.05, 0) is 13.0 Å². The topological polar surface area (TPSA) is 141 Å². The van der Waals surface area contributed by atoms with Crippen LogP contribution in [-0.2, 0) is 21.9 Å². The van der Waals surface area contributed by atoms with Gasteiger partial charge in [-0.1, -0.05) is 17.7 Å². The van der Waals surface area contributed by atoms with E-state index in [0.717, 1.165) is 6.26 Å². The van der Waals surface area contributed by atoms with E-state index >= 15 is 0 Å². The summed E-state index contributed by atoms with van der Waals surface area (Å²) < 4.78 is 34.1. The molecule has 11 nitrogen and oxygen atoms in total. The predicted molar refractivity (Wildman–Crippen MR) is 108 cm³/mol. The molecule has 0 saturated carbocycles. The summed E-state index contributed by atoms with van der Waals surface area (Å²) in [5, 5.41) is 17.5. The first-order chi connectivity index (χ1) is 14.1. The van der Waals surface area contributed by atoms with E-state index in [4.69, 9.17) is 20.5 Å². The molecule has 0 aromatic carbocycles. The van der Waals surface area contributed by atoms with E-state index in [2.05, 4.69) is 25.4 Å². The monoisotopic (exact) mass is 454 g/mol. The first-order valence-corrected chi connectivity index (χ1v) is 10.8. The maximum Gasteiger partial charge on any atom is 0.306 e. The number of hydrogen-bond donors (Lipinski definition) is 2. The van der Waals surface area contributed by atoms with Crippen molar-refractivity contribution in [1.29, 1.82) is 0 Å². The number of aryl methyl sites for hydroxylation is 1. The van der Waals surface area contributed by atoms with Gasteiger partial charge in [0, 0.05) is 18.8 Å². The van der Waals surface area contributed by atoms with Gasteiger partial charge in [0.25, 0.3) is 0 Å². The van der Waals surface area contributed by atoms with E-state index < -0.39 is 22.6 Å². The van der Waals surface area contributed by atoms with E-state index in [1.54, 1.807) is 32.3 Å². The SMILES string of the molecule is C[C@@H](OC(O)Nc1c(-c2ncc(OS(C)(=O)=O)cn2)cnn1C)c1cccnc1Cl. The van der Waals surface area contributed by atoms with Crippen molar-refractivity contribution in [3.8, 4) is 17.1 Å². The normalized spacial score (nSPS) is 13.6. The highest BCUT2D eigenvalue weighted by Crippen LogP contribution is 2.28. The van der Waals surface area contributed by atoms with E-state index in [-0.39, 0.29) is 16.7 Å². The van der Waals surface area contributed by atoms with Crippen molar-refractivity contribution >= 4 is 27.5 Å². The Kier molecular flexibility index (Phi) is 6.51. The summed E-state index contributed by atoms with van der Waals surface area (Å²) in [5.41, 5.74) is 1.08. The minimum atomic E-state index is -3.68. The summed E-state index contributed by atoms with van der Waals surface area (Å²) in [7, 11) is -2.03. The van der Waals surface area contributed by atoms with Gasteiger partial charge in [-0.25, -0.2) is 15.0 Å². The highest BCUT2D eigenvalue weighted by molar-refractivity contribution is 7.86. The molecule has 0 bridgehead atoms. The average molecular weight is 455 g/mol. The number of hydrogen-bond acceptors (Lipinski definition) is 10. The first-order valence-electron chi connectivity index (χ1n) is 8.58.